The summed E-state index contributed by atoms with van der Waals surface area (Å²) in [5.41, 5.74) is 2.90. The molecule has 4 aromatic rings. The maximum absolute atomic E-state index is 14.6. The lowest BCUT2D eigenvalue weighted by atomic mass is 10.0. The number of H-pyrrole nitrogens is 1. The number of aromatic nitrogens is 4. The fraction of sp³-hybridized carbons (Fsp3) is 0.211. The average molecular weight is 399 g/mol. The van der Waals surface area contributed by atoms with Gasteiger partial charge in [0.2, 0.25) is 5.91 Å². The van der Waals surface area contributed by atoms with Crippen molar-refractivity contribution in [1.29, 1.82) is 0 Å². The van der Waals surface area contributed by atoms with Crippen molar-refractivity contribution in [1.82, 2.24) is 19.8 Å². The van der Waals surface area contributed by atoms with Gasteiger partial charge in [0.15, 0.2) is 5.82 Å². The lowest BCUT2D eigenvalue weighted by Crippen LogP contribution is -2.15. The number of benzene rings is 1. The van der Waals surface area contributed by atoms with E-state index in [1.165, 1.54) is 17.8 Å². The number of halogens is 2. The van der Waals surface area contributed by atoms with Gasteiger partial charge in [0, 0.05) is 17.6 Å². The first-order valence-electron chi connectivity index (χ1n) is 8.69. The zero-order valence-electron chi connectivity index (χ0n) is 14.7. The predicted octanol–water partition coefficient (Wildman–Crippen LogP) is 4.04. The lowest BCUT2D eigenvalue weighted by Gasteiger charge is -2.08. The fourth-order valence-electron chi connectivity index (χ4n) is 3.37. The average Bonchev–Trinajstić information content (AvgIpc) is 3.06. The van der Waals surface area contributed by atoms with Gasteiger partial charge in [-0.15, -0.1) is 11.8 Å². The molecule has 3 heterocycles. The van der Waals surface area contributed by atoms with E-state index in [4.69, 9.17) is 0 Å². The Labute approximate surface area is 162 Å². The number of carbonyl (C=O) groups excluding carboxylic acids is 1. The highest BCUT2D eigenvalue weighted by Crippen LogP contribution is 2.36. The van der Waals surface area contributed by atoms with Crippen LogP contribution in [0.4, 0.5) is 14.6 Å². The molecule has 1 fully saturated rings. The van der Waals surface area contributed by atoms with Crippen molar-refractivity contribution in [3.05, 3.63) is 42.5 Å². The van der Waals surface area contributed by atoms with Gasteiger partial charge in [0.1, 0.15) is 12.0 Å². The highest BCUT2D eigenvalue weighted by atomic mass is 32.2. The van der Waals surface area contributed by atoms with E-state index in [0.29, 0.717) is 21.8 Å². The number of amides is 1. The molecule has 1 aliphatic carbocycles. The van der Waals surface area contributed by atoms with E-state index in [1.807, 2.05) is 18.4 Å². The summed E-state index contributed by atoms with van der Waals surface area (Å²) in [5, 5.41) is 14.7. The molecule has 142 valence electrons. The number of aromatic amines is 1. The van der Waals surface area contributed by atoms with E-state index in [0.717, 1.165) is 16.5 Å². The molecule has 0 aliphatic heterocycles. The van der Waals surface area contributed by atoms with Crippen molar-refractivity contribution in [3.63, 3.8) is 0 Å². The van der Waals surface area contributed by atoms with Crippen molar-refractivity contribution in [3.8, 4) is 11.1 Å². The molecule has 2 atom stereocenters. The molecule has 9 heteroatoms. The highest BCUT2D eigenvalue weighted by molar-refractivity contribution is 7.98. The zero-order chi connectivity index (χ0) is 19.4. The van der Waals surface area contributed by atoms with Gasteiger partial charge in [-0.25, -0.2) is 13.3 Å². The van der Waals surface area contributed by atoms with E-state index >= 15 is 0 Å². The van der Waals surface area contributed by atoms with Crippen molar-refractivity contribution >= 4 is 39.9 Å². The van der Waals surface area contributed by atoms with Gasteiger partial charge >= 0.3 is 0 Å². The minimum Gasteiger partial charge on any atom is -0.309 e. The quantitative estimate of drug-likeness (QED) is 0.508. The maximum atomic E-state index is 14.6. The van der Waals surface area contributed by atoms with E-state index in [9.17, 15) is 13.6 Å². The number of anilines is 1. The highest BCUT2D eigenvalue weighted by Gasteiger charge is 2.43. The second-order valence-electron chi connectivity index (χ2n) is 6.76. The van der Waals surface area contributed by atoms with Crippen molar-refractivity contribution < 1.29 is 13.6 Å². The number of nitrogens with one attached hydrogen (secondary N) is 2. The minimum absolute atomic E-state index is 0.266. The largest absolute Gasteiger partial charge is 0.309 e. The molecular weight excluding hydrogens is 384 g/mol. The van der Waals surface area contributed by atoms with Crippen LogP contribution >= 0.6 is 11.8 Å². The van der Waals surface area contributed by atoms with E-state index in [-0.39, 0.29) is 18.1 Å². The van der Waals surface area contributed by atoms with Crippen LogP contribution in [0.5, 0.6) is 0 Å². The molecule has 0 bridgehead atoms. The standard InChI is InChI=1S/C19H15F2N5OS/c1-28-18-15(21)6-11(13-8-22-24-17(13)18)9-2-3-26-10(4-9)5-16(25-26)23-19(27)12-7-14(12)20/h2-6,8,12,14H,7H2,1H3,(H,22,24)(H,23,25,27)/t12-,14+/m1/s1. The Morgan fingerprint density at radius 3 is 2.96 bits per heavy atom. The molecule has 0 spiro atoms. The van der Waals surface area contributed by atoms with Crippen LogP contribution in [0.25, 0.3) is 27.5 Å². The molecule has 0 unspecified atom stereocenters. The Balaban J connectivity index is 1.54. The van der Waals surface area contributed by atoms with Gasteiger partial charge in [0.25, 0.3) is 0 Å². The summed E-state index contributed by atoms with van der Waals surface area (Å²) < 4.78 is 29.2. The number of carbonyl (C=O) groups is 1. The Bertz CT molecular complexity index is 1230. The number of thioether (sulfide) groups is 1. The molecular formula is C19H15F2N5OS. The molecule has 6 nitrogen and oxygen atoms in total. The molecule has 1 aliphatic rings. The van der Waals surface area contributed by atoms with Gasteiger partial charge in [-0.2, -0.15) is 10.2 Å². The van der Waals surface area contributed by atoms with Crippen LogP contribution in [0.3, 0.4) is 0 Å². The molecule has 1 aromatic carbocycles. The first-order valence-corrected chi connectivity index (χ1v) is 9.92. The molecule has 2 N–H and O–H groups in total. The minimum atomic E-state index is -1.06. The topological polar surface area (TPSA) is 75.1 Å². The normalized spacial score (nSPS) is 18.7. The number of hydrogen-bond donors (Lipinski definition) is 2. The van der Waals surface area contributed by atoms with Crippen LogP contribution in [0.15, 0.2) is 41.6 Å². The lowest BCUT2D eigenvalue weighted by molar-refractivity contribution is -0.117. The third-order valence-corrected chi connectivity index (χ3v) is 5.73. The summed E-state index contributed by atoms with van der Waals surface area (Å²) >= 11 is 1.33. The second kappa shape index (κ2) is 6.30. The predicted molar refractivity (Wildman–Crippen MR) is 104 cm³/mol. The number of rotatable bonds is 4. The number of alkyl halides is 1. The molecule has 3 aromatic heterocycles. The maximum Gasteiger partial charge on any atom is 0.231 e. The van der Waals surface area contributed by atoms with Gasteiger partial charge in [-0.1, -0.05) is 0 Å². The number of fused-ring (bicyclic) bond motifs is 2. The van der Waals surface area contributed by atoms with Crippen molar-refractivity contribution in [2.45, 2.75) is 17.5 Å². The summed E-state index contributed by atoms with van der Waals surface area (Å²) in [7, 11) is 0. The molecule has 28 heavy (non-hydrogen) atoms. The van der Waals surface area contributed by atoms with Crippen molar-refractivity contribution in [2.24, 2.45) is 5.92 Å². The first-order chi connectivity index (χ1) is 13.5. The number of nitrogens with zero attached hydrogens (tertiary/aromatic N) is 3. The van der Waals surface area contributed by atoms with E-state index in [2.05, 4.69) is 20.6 Å². The van der Waals surface area contributed by atoms with E-state index in [1.54, 1.807) is 23.0 Å². The number of pyridine rings is 1. The van der Waals surface area contributed by atoms with Crippen LogP contribution in [0.1, 0.15) is 6.42 Å². The van der Waals surface area contributed by atoms with Crippen molar-refractivity contribution in [2.75, 3.05) is 11.6 Å². The monoisotopic (exact) mass is 399 g/mol. The molecule has 1 saturated carbocycles. The van der Waals surface area contributed by atoms with Gasteiger partial charge < -0.3 is 5.32 Å². The molecule has 1 amide bonds. The number of hydrogen-bond acceptors (Lipinski definition) is 4. The third-order valence-electron chi connectivity index (χ3n) is 4.92. The Morgan fingerprint density at radius 1 is 1.39 bits per heavy atom. The zero-order valence-corrected chi connectivity index (χ0v) is 15.6. The summed E-state index contributed by atoms with van der Waals surface area (Å²) in [4.78, 5) is 12.4. The summed E-state index contributed by atoms with van der Waals surface area (Å²) in [6.45, 7) is 0. The Kier molecular flexibility index (Phi) is 3.87. The molecule has 0 saturated heterocycles. The smallest absolute Gasteiger partial charge is 0.231 e. The molecule has 5 rings (SSSR count). The van der Waals surface area contributed by atoms with Gasteiger partial charge in [-0.3, -0.25) is 9.89 Å². The molecule has 0 radical (unpaired) electrons. The van der Waals surface area contributed by atoms with Gasteiger partial charge in [-0.05, 0) is 42.0 Å². The Hall–Kier alpha value is -2.94. The van der Waals surface area contributed by atoms with Crippen LogP contribution in [0.2, 0.25) is 0 Å². The van der Waals surface area contributed by atoms with Crippen LogP contribution in [-0.2, 0) is 4.79 Å². The van der Waals surface area contributed by atoms with Crippen LogP contribution < -0.4 is 5.32 Å². The van der Waals surface area contributed by atoms with Crippen LogP contribution in [0, 0.1) is 11.7 Å². The summed E-state index contributed by atoms with van der Waals surface area (Å²) in [5.74, 6) is -0.886. The van der Waals surface area contributed by atoms with Gasteiger partial charge in [0.05, 0.1) is 28.0 Å². The first kappa shape index (κ1) is 17.2. The summed E-state index contributed by atoms with van der Waals surface area (Å²) in [6.07, 6.45) is 4.45. The third kappa shape index (κ3) is 2.73. The fourth-order valence-corrected chi connectivity index (χ4v) is 3.98. The second-order valence-corrected chi connectivity index (χ2v) is 7.58. The SMILES string of the molecule is CSc1c(F)cc(-c2ccn3nc(NC(=O)[C@@H]4C[C@@H]4F)cc3c2)c2cn[nH]c12. The summed E-state index contributed by atoms with van der Waals surface area (Å²) in [6, 6.07) is 6.89. The Morgan fingerprint density at radius 2 is 2.21 bits per heavy atom. The van der Waals surface area contributed by atoms with Crippen LogP contribution in [-0.4, -0.2) is 38.1 Å². The van der Waals surface area contributed by atoms with E-state index < -0.39 is 12.1 Å².